The minimum atomic E-state index is -1.56. The predicted molar refractivity (Wildman–Crippen MR) is 128 cm³/mol. The Balaban J connectivity index is 1.46. The van der Waals surface area contributed by atoms with E-state index in [1.54, 1.807) is 12.1 Å². The fourth-order valence-electron chi connectivity index (χ4n) is 3.70. The van der Waals surface area contributed by atoms with Crippen LogP contribution in [0.2, 0.25) is 0 Å². The molecule has 2 aromatic rings. The second-order valence-corrected chi connectivity index (χ2v) is 8.60. The van der Waals surface area contributed by atoms with Gasteiger partial charge in [0.25, 0.3) is 0 Å². The van der Waals surface area contributed by atoms with Crippen LogP contribution >= 0.6 is 11.6 Å². The van der Waals surface area contributed by atoms with Gasteiger partial charge in [0.1, 0.15) is 5.03 Å². The number of carbonyl (C=O) groups excluding carboxylic acids is 1. The molecule has 0 spiro atoms. The molecular weight excluding hydrogens is 476 g/mol. The molecule has 2 N–H and O–H groups in total. The van der Waals surface area contributed by atoms with Gasteiger partial charge in [-0.25, -0.2) is 14.4 Å². The van der Waals surface area contributed by atoms with Crippen molar-refractivity contribution in [1.82, 2.24) is 0 Å². The topological polar surface area (TPSA) is 119 Å². The van der Waals surface area contributed by atoms with Crippen molar-refractivity contribution in [3.8, 4) is 11.1 Å². The van der Waals surface area contributed by atoms with E-state index < -0.39 is 36.4 Å². The monoisotopic (exact) mass is 502 g/mol. The third-order valence-corrected chi connectivity index (χ3v) is 5.74. The summed E-state index contributed by atoms with van der Waals surface area (Å²) >= 11 is 5.46. The molecule has 2 unspecified atom stereocenters. The summed E-state index contributed by atoms with van der Waals surface area (Å²) in [7, 11) is 0. The lowest BCUT2D eigenvalue weighted by Gasteiger charge is -2.11. The largest absolute Gasteiger partial charge is 0.479 e. The summed E-state index contributed by atoms with van der Waals surface area (Å²) in [5, 5.41) is 18.2. The molecule has 8 nitrogen and oxygen atoms in total. The van der Waals surface area contributed by atoms with Gasteiger partial charge in [0.2, 0.25) is 0 Å². The molecule has 0 radical (unpaired) electrons. The summed E-state index contributed by atoms with van der Waals surface area (Å²) in [5.41, 5.74) is 3.74. The maximum Gasteiger partial charge on any atom is 0.349 e. The minimum absolute atomic E-state index is 0.107. The molecule has 1 aliphatic rings. The third kappa shape index (κ3) is 7.39. The molecule has 2 atom stereocenters. The predicted octanol–water partition coefficient (Wildman–Crippen LogP) is 4.70. The fraction of sp³-hybridized carbons (Fsp3) is 0.346. The van der Waals surface area contributed by atoms with E-state index in [1.807, 2.05) is 24.3 Å². The summed E-state index contributed by atoms with van der Waals surface area (Å²) in [4.78, 5) is 33.7. The van der Waals surface area contributed by atoms with Crippen LogP contribution in [-0.2, 0) is 35.0 Å². The zero-order valence-electron chi connectivity index (χ0n) is 19.0. The highest BCUT2D eigenvalue weighted by atomic mass is 35.5. The zero-order chi connectivity index (χ0) is 25.4. The standard InChI is InChI=1S/C26H27ClO8/c1-16(27)25(32)33-15-5-3-2-4-6-17-7-9-18(10-8-17)19-11-13-20(14-12-19)26-34-21(23(28)29)22(35-26)24(30)31/h7-14,21-22,26H,1-6,15H2,(H,28,29)(H,30,31). The molecule has 0 aromatic heterocycles. The highest BCUT2D eigenvalue weighted by Gasteiger charge is 2.46. The van der Waals surface area contributed by atoms with Crippen LogP contribution in [0.5, 0.6) is 0 Å². The first-order valence-corrected chi connectivity index (χ1v) is 11.6. The summed E-state index contributed by atoms with van der Waals surface area (Å²) < 4.78 is 15.6. The average molecular weight is 503 g/mol. The van der Waals surface area contributed by atoms with E-state index in [4.69, 9.17) is 36.0 Å². The number of esters is 1. The normalized spacial score (nSPS) is 19.3. The van der Waals surface area contributed by atoms with E-state index in [2.05, 4.69) is 18.7 Å². The van der Waals surface area contributed by atoms with Crippen LogP contribution in [0.25, 0.3) is 11.1 Å². The molecule has 1 aliphatic heterocycles. The first kappa shape index (κ1) is 26.4. The van der Waals surface area contributed by atoms with Crippen LogP contribution < -0.4 is 0 Å². The average Bonchev–Trinajstić information content (AvgIpc) is 3.30. The molecule has 0 saturated carbocycles. The quantitative estimate of drug-likeness (QED) is 0.243. The van der Waals surface area contributed by atoms with Crippen molar-refractivity contribution in [2.75, 3.05) is 6.61 Å². The Morgan fingerprint density at radius 1 is 0.829 bits per heavy atom. The Labute approximate surface area is 208 Å². The Kier molecular flexibility index (Phi) is 9.42. The van der Waals surface area contributed by atoms with Crippen molar-refractivity contribution in [3.63, 3.8) is 0 Å². The van der Waals surface area contributed by atoms with Gasteiger partial charge in [-0.05, 0) is 36.0 Å². The van der Waals surface area contributed by atoms with Gasteiger partial charge in [0.05, 0.1) is 6.61 Å². The van der Waals surface area contributed by atoms with Crippen molar-refractivity contribution < 1.29 is 38.8 Å². The number of carboxylic acid groups (broad SMARTS) is 2. The van der Waals surface area contributed by atoms with Gasteiger partial charge >= 0.3 is 17.9 Å². The van der Waals surface area contributed by atoms with Crippen molar-refractivity contribution in [2.24, 2.45) is 0 Å². The lowest BCUT2D eigenvalue weighted by molar-refractivity contribution is -0.156. The number of unbranched alkanes of at least 4 members (excludes halogenated alkanes) is 3. The number of ether oxygens (including phenoxy) is 3. The molecular formula is C26H27ClO8. The van der Waals surface area contributed by atoms with Crippen LogP contribution in [-0.4, -0.2) is 46.9 Å². The van der Waals surface area contributed by atoms with E-state index in [-0.39, 0.29) is 5.03 Å². The molecule has 0 aliphatic carbocycles. The van der Waals surface area contributed by atoms with E-state index in [9.17, 15) is 14.4 Å². The molecule has 1 heterocycles. The third-order valence-electron chi connectivity index (χ3n) is 5.59. The Bertz CT molecular complexity index is 1030. The number of rotatable bonds is 12. The first-order valence-electron chi connectivity index (χ1n) is 11.2. The lowest BCUT2D eigenvalue weighted by Crippen LogP contribution is -2.36. The highest BCUT2D eigenvalue weighted by molar-refractivity contribution is 6.40. The van der Waals surface area contributed by atoms with E-state index >= 15 is 0 Å². The molecule has 0 amide bonds. The van der Waals surface area contributed by atoms with Crippen molar-refractivity contribution in [1.29, 1.82) is 0 Å². The molecule has 186 valence electrons. The Morgan fingerprint density at radius 2 is 1.34 bits per heavy atom. The van der Waals surface area contributed by atoms with E-state index in [1.165, 1.54) is 5.56 Å². The molecule has 0 bridgehead atoms. The van der Waals surface area contributed by atoms with Gasteiger partial charge < -0.3 is 24.4 Å². The number of carboxylic acids is 2. The van der Waals surface area contributed by atoms with Crippen LogP contribution in [0.15, 0.2) is 60.1 Å². The number of benzene rings is 2. The summed E-state index contributed by atoms with van der Waals surface area (Å²) in [5.74, 6) is -3.33. The van der Waals surface area contributed by atoms with Crippen LogP contribution in [0.3, 0.4) is 0 Å². The molecule has 1 fully saturated rings. The number of hydrogen-bond donors (Lipinski definition) is 2. The van der Waals surface area contributed by atoms with Gasteiger partial charge in [0, 0.05) is 5.56 Å². The zero-order valence-corrected chi connectivity index (χ0v) is 19.8. The molecule has 1 saturated heterocycles. The molecule has 3 rings (SSSR count). The second-order valence-electron chi connectivity index (χ2n) is 8.15. The highest BCUT2D eigenvalue weighted by Crippen LogP contribution is 2.33. The molecule has 9 heteroatoms. The van der Waals surface area contributed by atoms with Crippen molar-refractivity contribution in [3.05, 3.63) is 71.3 Å². The smallest absolute Gasteiger partial charge is 0.349 e. The fourth-order valence-corrected chi connectivity index (χ4v) is 3.75. The number of hydrogen-bond acceptors (Lipinski definition) is 6. The SMILES string of the molecule is C=C(Cl)C(=O)OCCCCCCc1ccc(-c2ccc(C3OC(C(=O)O)C(C(=O)O)O3)cc2)cc1. The first-order chi connectivity index (χ1) is 16.8. The van der Waals surface area contributed by atoms with Gasteiger partial charge in [-0.15, -0.1) is 0 Å². The summed E-state index contributed by atoms with van der Waals surface area (Å²) in [6.45, 7) is 3.67. The van der Waals surface area contributed by atoms with Gasteiger partial charge in [-0.1, -0.05) is 79.6 Å². The Morgan fingerprint density at radius 3 is 1.86 bits per heavy atom. The number of halogens is 1. The van der Waals surface area contributed by atoms with Crippen molar-refractivity contribution >= 4 is 29.5 Å². The van der Waals surface area contributed by atoms with Gasteiger partial charge in [-0.3, -0.25) is 0 Å². The van der Waals surface area contributed by atoms with Crippen LogP contribution in [0.4, 0.5) is 0 Å². The van der Waals surface area contributed by atoms with Gasteiger partial charge in [0.15, 0.2) is 18.5 Å². The summed E-state index contributed by atoms with van der Waals surface area (Å²) in [6, 6.07) is 15.4. The maximum absolute atomic E-state index is 11.2. The number of carbonyl (C=O) groups is 3. The minimum Gasteiger partial charge on any atom is -0.479 e. The van der Waals surface area contributed by atoms with Crippen LogP contribution in [0.1, 0.15) is 43.1 Å². The Hall–Kier alpha value is -3.20. The second kappa shape index (κ2) is 12.5. The molecule has 2 aromatic carbocycles. The number of aliphatic carboxylic acids is 2. The lowest BCUT2D eigenvalue weighted by atomic mass is 10.00. The molecule has 35 heavy (non-hydrogen) atoms. The van der Waals surface area contributed by atoms with Gasteiger partial charge in [-0.2, -0.15) is 0 Å². The number of aryl methyl sites for hydroxylation is 1. The maximum atomic E-state index is 11.2. The van der Waals surface area contributed by atoms with Crippen LogP contribution in [0, 0.1) is 0 Å². The van der Waals surface area contributed by atoms with Crippen molar-refractivity contribution in [2.45, 2.75) is 50.6 Å². The summed E-state index contributed by atoms with van der Waals surface area (Å²) in [6.07, 6.45) is 0.581. The van der Waals surface area contributed by atoms with E-state index in [0.717, 1.165) is 43.2 Å². The van der Waals surface area contributed by atoms with E-state index in [0.29, 0.717) is 12.2 Å².